The van der Waals surface area contributed by atoms with Gasteiger partial charge in [-0.2, -0.15) is 0 Å². The number of sulfonamides is 1. The second-order valence-corrected chi connectivity index (χ2v) is 8.71. The van der Waals surface area contributed by atoms with Gasteiger partial charge in [-0.15, -0.1) is 11.3 Å². The molecule has 25 heavy (non-hydrogen) atoms. The molecule has 2 N–H and O–H groups in total. The molecule has 0 bridgehead atoms. The summed E-state index contributed by atoms with van der Waals surface area (Å²) >= 11 is 1.64. The zero-order valence-electron chi connectivity index (χ0n) is 14.1. The highest BCUT2D eigenvalue weighted by atomic mass is 32.2. The van der Waals surface area contributed by atoms with Crippen molar-refractivity contribution >= 4 is 38.6 Å². The minimum Gasteiger partial charge on any atom is -0.495 e. The molecule has 1 heterocycles. The average molecular weight is 380 g/mol. The molecule has 2 aromatic rings. The Morgan fingerprint density at radius 3 is 2.72 bits per heavy atom. The first-order valence-electron chi connectivity index (χ1n) is 7.94. The van der Waals surface area contributed by atoms with E-state index in [2.05, 4.69) is 10.0 Å². The van der Waals surface area contributed by atoms with Crippen LogP contribution in [0, 0.1) is 0 Å². The van der Waals surface area contributed by atoms with Gasteiger partial charge in [-0.1, -0.05) is 0 Å². The summed E-state index contributed by atoms with van der Waals surface area (Å²) in [5, 5.41) is 4.76. The molecule has 0 aliphatic heterocycles. The summed E-state index contributed by atoms with van der Waals surface area (Å²) < 4.78 is 30.6. The van der Waals surface area contributed by atoms with E-state index in [0.29, 0.717) is 17.0 Å². The fourth-order valence-electron chi connectivity index (χ4n) is 2.95. The molecule has 0 spiro atoms. The third kappa shape index (κ3) is 4.13. The second-order valence-electron chi connectivity index (χ2n) is 6.00. The number of hydrogen-bond donors (Lipinski definition) is 2. The topological polar surface area (TPSA) is 84.5 Å². The lowest BCUT2D eigenvalue weighted by molar-refractivity contribution is 0.102. The van der Waals surface area contributed by atoms with Crippen LogP contribution in [0.4, 0.5) is 11.4 Å². The molecule has 0 atom stereocenters. The van der Waals surface area contributed by atoms with E-state index in [0.717, 1.165) is 31.1 Å². The Labute approximate surface area is 151 Å². The van der Waals surface area contributed by atoms with Crippen LogP contribution in [0.5, 0.6) is 5.75 Å². The van der Waals surface area contributed by atoms with Crippen LogP contribution in [0.25, 0.3) is 0 Å². The highest BCUT2D eigenvalue weighted by molar-refractivity contribution is 7.92. The first kappa shape index (κ1) is 17.8. The molecule has 1 amide bonds. The summed E-state index contributed by atoms with van der Waals surface area (Å²) in [5.41, 5.74) is 2.66. The van der Waals surface area contributed by atoms with Crippen LogP contribution in [0.1, 0.15) is 33.6 Å². The summed E-state index contributed by atoms with van der Waals surface area (Å²) in [5.74, 6) is 0.214. The fraction of sp³-hybridized carbons (Fsp3) is 0.353. The molecular weight excluding hydrogens is 360 g/mol. The van der Waals surface area contributed by atoms with Crippen molar-refractivity contribution in [2.24, 2.45) is 0 Å². The molecule has 0 saturated heterocycles. The summed E-state index contributed by atoms with van der Waals surface area (Å²) in [6, 6.07) is 4.85. The van der Waals surface area contributed by atoms with Crippen molar-refractivity contribution in [1.82, 2.24) is 0 Å². The van der Waals surface area contributed by atoms with Gasteiger partial charge in [-0.3, -0.25) is 9.52 Å². The van der Waals surface area contributed by atoms with Gasteiger partial charge in [0.05, 0.1) is 24.6 Å². The molecule has 0 saturated carbocycles. The highest BCUT2D eigenvalue weighted by Crippen LogP contribution is 2.32. The highest BCUT2D eigenvalue weighted by Gasteiger charge is 2.20. The van der Waals surface area contributed by atoms with Gasteiger partial charge >= 0.3 is 0 Å². The number of carbonyl (C=O) groups excluding carboxylic acids is 1. The lowest BCUT2D eigenvalue weighted by Crippen LogP contribution is -2.15. The average Bonchev–Trinajstić information content (AvgIpc) is 2.98. The Bertz CT molecular complexity index is 903. The monoisotopic (exact) mass is 380 g/mol. The fourth-order valence-corrected chi connectivity index (χ4v) is 4.63. The van der Waals surface area contributed by atoms with E-state index in [1.165, 1.54) is 18.4 Å². The number of rotatable bonds is 5. The minimum absolute atomic E-state index is 0.171. The summed E-state index contributed by atoms with van der Waals surface area (Å²) in [6.45, 7) is 0. The normalized spacial score (nSPS) is 13.8. The van der Waals surface area contributed by atoms with Crippen molar-refractivity contribution in [3.05, 3.63) is 39.6 Å². The molecule has 0 unspecified atom stereocenters. The molecule has 3 rings (SSSR count). The van der Waals surface area contributed by atoms with Gasteiger partial charge in [0, 0.05) is 15.9 Å². The van der Waals surface area contributed by atoms with Crippen molar-refractivity contribution in [2.45, 2.75) is 25.7 Å². The Morgan fingerprint density at radius 2 is 2.00 bits per heavy atom. The molecule has 1 aromatic carbocycles. The van der Waals surface area contributed by atoms with Crippen LogP contribution in [-0.4, -0.2) is 27.7 Å². The van der Waals surface area contributed by atoms with Crippen molar-refractivity contribution in [1.29, 1.82) is 0 Å². The number of fused-ring (bicyclic) bond motifs is 1. The Hall–Kier alpha value is -2.06. The quantitative estimate of drug-likeness (QED) is 0.834. The van der Waals surface area contributed by atoms with Crippen LogP contribution in [-0.2, 0) is 22.9 Å². The van der Waals surface area contributed by atoms with E-state index in [-0.39, 0.29) is 11.6 Å². The maximum Gasteiger partial charge on any atom is 0.256 e. The molecule has 1 aromatic heterocycles. The third-order valence-electron chi connectivity index (χ3n) is 4.06. The maximum absolute atomic E-state index is 12.6. The number of anilines is 2. The zero-order valence-corrected chi connectivity index (χ0v) is 15.7. The standard InChI is InChI=1S/C17H20N2O4S2/c1-23-15-8-7-11(9-14(15)19-25(2,21)22)18-17(20)13-10-24-16-6-4-3-5-12(13)16/h7-10,19H,3-6H2,1-2H3,(H,18,20). The summed E-state index contributed by atoms with van der Waals surface area (Å²) in [4.78, 5) is 13.9. The van der Waals surface area contributed by atoms with Crippen LogP contribution in [0.3, 0.4) is 0 Å². The molecule has 6 nitrogen and oxygen atoms in total. The number of amides is 1. The van der Waals surface area contributed by atoms with Gasteiger partial charge in [0.2, 0.25) is 10.0 Å². The van der Waals surface area contributed by atoms with E-state index in [1.807, 2.05) is 5.38 Å². The molecule has 1 aliphatic rings. The predicted molar refractivity (Wildman–Crippen MR) is 100 cm³/mol. The molecule has 134 valence electrons. The number of carbonyl (C=O) groups is 1. The van der Waals surface area contributed by atoms with E-state index < -0.39 is 10.0 Å². The molecule has 0 fully saturated rings. The number of methoxy groups -OCH3 is 1. The number of ether oxygens (including phenoxy) is 1. The van der Waals surface area contributed by atoms with Crippen molar-refractivity contribution in [2.75, 3.05) is 23.4 Å². The Balaban J connectivity index is 1.84. The van der Waals surface area contributed by atoms with Crippen LogP contribution in [0.15, 0.2) is 23.6 Å². The number of hydrogen-bond acceptors (Lipinski definition) is 5. The van der Waals surface area contributed by atoms with Crippen LogP contribution in [0.2, 0.25) is 0 Å². The van der Waals surface area contributed by atoms with Gasteiger partial charge in [-0.05, 0) is 49.4 Å². The molecule has 0 radical (unpaired) electrons. The van der Waals surface area contributed by atoms with E-state index >= 15 is 0 Å². The van der Waals surface area contributed by atoms with Gasteiger partial charge in [-0.25, -0.2) is 8.42 Å². The van der Waals surface area contributed by atoms with Crippen molar-refractivity contribution in [3.8, 4) is 5.75 Å². The Morgan fingerprint density at radius 1 is 1.24 bits per heavy atom. The predicted octanol–water partition coefficient (Wildman–Crippen LogP) is 3.26. The minimum atomic E-state index is -3.45. The number of aryl methyl sites for hydroxylation is 1. The van der Waals surface area contributed by atoms with Gasteiger partial charge < -0.3 is 10.1 Å². The van der Waals surface area contributed by atoms with Crippen LogP contribution < -0.4 is 14.8 Å². The lowest BCUT2D eigenvalue weighted by Gasteiger charge is -2.14. The summed E-state index contributed by atoms with van der Waals surface area (Å²) in [6.07, 6.45) is 5.32. The number of nitrogens with one attached hydrogen (secondary N) is 2. The summed E-state index contributed by atoms with van der Waals surface area (Å²) in [7, 11) is -1.99. The zero-order chi connectivity index (χ0) is 18.0. The smallest absolute Gasteiger partial charge is 0.256 e. The van der Waals surface area contributed by atoms with Crippen molar-refractivity contribution < 1.29 is 17.9 Å². The van der Waals surface area contributed by atoms with Gasteiger partial charge in [0.25, 0.3) is 5.91 Å². The first-order valence-corrected chi connectivity index (χ1v) is 10.7. The third-order valence-corrected chi connectivity index (χ3v) is 5.74. The van der Waals surface area contributed by atoms with Crippen molar-refractivity contribution in [3.63, 3.8) is 0 Å². The maximum atomic E-state index is 12.6. The SMILES string of the molecule is COc1ccc(NC(=O)c2csc3c2CCCC3)cc1NS(C)(=O)=O. The molecule has 1 aliphatic carbocycles. The van der Waals surface area contributed by atoms with E-state index in [1.54, 1.807) is 29.5 Å². The van der Waals surface area contributed by atoms with Crippen LogP contribution >= 0.6 is 11.3 Å². The second kappa shape index (κ2) is 7.05. The Kier molecular flexibility index (Phi) is 5.01. The van der Waals surface area contributed by atoms with E-state index in [9.17, 15) is 13.2 Å². The molecular formula is C17H20N2O4S2. The largest absolute Gasteiger partial charge is 0.495 e. The number of benzene rings is 1. The lowest BCUT2D eigenvalue weighted by atomic mass is 9.95. The van der Waals surface area contributed by atoms with Gasteiger partial charge in [0.15, 0.2) is 0 Å². The van der Waals surface area contributed by atoms with E-state index in [4.69, 9.17) is 4.74 Å². The molecule has 8 heteroatoms. The number of thiophene rings is 1. The first-order chi connectivity index (χ1) is 11.9. The van der Waals surface area contributed by atoms with Gasteiger partial charge in [0.1, 0.15) is 5.75 Å².